The summed E-state index contributed by atoms with van der Waals surface area (Å²) in [5, 5.41) is 2.43. The second-order valence-corrected chi connectivity index (χ2v) is 16.7. The first kappa shape index (κ1) is 34.2. The van der Waals surface area contributed by atoms with Crippen molar-refractivity contribution in [2.75, 3.05) is 4.90 Å². The third-order valence-corrected chi connectivity index (χ3v) is 13.9. The highest BCUT2D eigenvalue weighted by molar-refractivity contribution is 6.05. The molecule has 61 heavy (non-hydrogen) atoms. The minimum Gasteiger partial charge on any atom is -0.309 e. The Balaban J connectivity index is 1.12. The Labute approximate surface area is 356 Å². The summed E-state index contributed by atoms with van der Waals surface area (Å²) in [6.07, 6.45) is 0. The summed E-state index contributed by atoms with van der Waals surface area (Å²) < 4.78 is 0. The maximum Gasteiger partial charge on any atom is 0.0726 e. The van der Waals surface area contributed by atoms with Crippen molar-refractivity contribution in [2.24, 2.45) is 0 Å². The third kappa shape index (κ3) is 4.45. The Morgan fingerprint density at radius 1 is 0.279 bits per heavy atom. The normalized spacial score (nSPS) is 14.2. The van der Waals surface area contributed by atoms with E-state index in [1.54, 1.807) is 0 Å². The molecule has 13 rings (SSSR count). The van der Waals surface area contributed by atoms with Crippen LogP contribution in [0, 0.1) is 0 Å². The number of hydrogen-bond acceptors (Lipinski definition) is 1. The van der Waals surface area contributed by atoms with Crippen molar-refractivity contribution >= 4 is 27.8 Å². The molecule has 10 aromatic carbocycles. The van der Waals surface area contributed by atoms with Crippen LogP contribution < -0.4 is 4.90 Å². The van der Waals surface area contributed by atoms with E-state index in [1.807, 2.05) is 0 Å². The van der Waals surface area contributed by atoms with Gasteiger partial charge in [-0.15, -0.1) is 0 Å². The van der Waals surface area contributed by atoms with Crippen molar-refractivity contribution in [3.8, 4) is 33.4 Å². The van der Waals surface area contributed by atoms with Gasteiger partial charge in [-0.25, -0.2) is 0 Å². The van der Waals surface area contributed by atoms with Crippen LogP contribution in [0.4, 0.5) is 17.1 Å². The summed E-state index contributed by atoms with van der Waals surface area (Å²) in [5.74, 6) is 0. The summed E-state index contributed by atoms with van der Waals surface area (Å²) in [7, 11) is 0. The van der Waals surface area contributed by atoms with Crippen LogP contribution in [0.1, 0.15) is 44.5 Å². The minimum atomic E-state index is -0.472. The number of hydrogen-bond donors (Lipinski definition) is 0. The molecule has 0 atom stereocenters. The van der Waals surface area contributed by atoms with E-state index in [2.05, 4.69) is 241 Å². The maximum atomic E-state index is 2.55. The van der Waals surface area contributed by atoms with Gasteiger partial charge in [-0.3, -0.25) is 0 Å². The smallest absolute Gasteiger partial charge is 0.0726 e. The summed E-state index contributed by atoms with van der Waals surface area (Å²) in [5.41, 5.74) is 20.8. The highest BCUT2D eigenvalue weighted by Crippen LogP contribution is 2.65. The average molecular weight is 774 g/mol. The first-order valence-electron chi connectivity index (χ1n) is 21.4. The molecule has 1 spiro atoms. The van der Waals surface area contributed by atoms with Crippen molar-refractivity contribution in [3.05, 3.63) is 281 Å². The highest BCUT2D eigenvalue weighted by atomic mass is 15.1. The lowest BCUT2D eigenvalue weighted by atomic mass is 9.68. The van der Waals surface area contributed by atoms with Crippen molar-refractivity contribution < 1.29 is 0 Å². The van der Waals surface area contributed by atoms with Gasteiger partial charge < -0.3 is 4.90 Å². The van der Waals surface area contributed by atoms with E-state index in [9.17, 15) is 0 Å². The molecule has 0 amide bonds. The molecule has 0 heterocycles. The molecule has 0 unspecified atom stereocenters. The molecule has 10 aromatic rings. The zero-order valence-corrected chi connectivity index (χ0v) is 33.5. The molecule has 0 radical (unpaired) electrons. The van der Waals surface area contributed by atoms with Gasteiger partial charge in [0.05, 0.1) is 22.2 Å². The van der Waals surface area contributed by atoms with Crippen LogP contribution in [0.15, 0.2) is 237 Å². The minimum absolute atomic E-state index is 0.443. The molecule has 0 N–H and O–H groups in total. The van der Waals surface area contributed by atoms with Crippen molar-refractivity contribution in [3.63, 3.8) is 0 Å². The van der Waals surface area contributed by atoms with Gasteiger partial charge in [0, 0.05) is 16.6 Å². The Kier molecular flexibility index (Phi) is 7.21. The van der Waals surface area contributed by atoms with Gasteiger partial charge in [-0.1, -0.05) is 212 Å². The lowest BCUT2D eigenvalue weighted by molar-refractivity contribution is 0.768. The van der Waals surface area contributed by atoms with Gasteiger partial charge in [-0.2, -0.15) is 0 Å². The zero-order chi connectivity index (χ0) is 40.1. The first-order chi connectivity index (χ1) is 30.3. The lowest BCUT2D eigenvalue weighted by Crippen LogP contribution is -2.28. The summed E-state index contributed by atoms with van der Waals surface area (Å²) >= 11 is 0. The van der Waals surface area contributed by atoms with Gasteiger partial charge in [0.15, 0.2) is 0 Å². The van der Waals surface area contributed by atoms with Gasteiger partial charge in [0.2, 0.25) is 0 Å². The van der Waals surface area contributed by atoms with Crippen LogP contribution in [0.3, 0.4) is 0 Å². The fourth-order valence-corrected chi connectivity index (χ4v) is 11.7. The van der Waals surface area contributed by atoms with Crippen LogP contribution in [-0.4, -0.2) is 0 Å². The molecule has 3 aliphatic rings. The van der Waals surface area contributed by atoms with E-state index in [1.165, 1.54) is 94.3 Å². The molecular formula is C60H39N. The molecule has 0 aliphatic heterocycles. The van der Waals surface area contributed by atoms with Gasteiger partial charge in [0.25, 0.3) is 0 Å². The Morgan fingerprint density at radius 3 is 1.38 bits per heavy atom. The Hall–Kier alpha value is -7.74. The van der Waals surface area contributed by atoms with Crippen LogP contribution in [0.5, 0.6) is 0 Å². The fraction of sp³-hybridized carbons (Fsp3) is 0.0333. The molecule has 3 aliphatic carbocycles. The molecule has 1 heteroatoms. The number of benzene rings is 10. The monoisotopic (exact) mass is 773 g/mol. The standard InChI is InChI=1S/C60H39N/c1-3-21-41(22-4-1)59(42-23-5-2-6-24-42)50-30-13-11-28-47(50)49-39-43(37-38-54(49)59)61(56-35-17-20-40-19-7-8-25-44(40)56)57-36-18-34-55-58(57)48-29-12-16-33-53(48)60(55)51-31-14-9-26-45(51)46-27-10-15-32-52(46)60/h1-39H. The fourth-order valence-electron chi connectivity index (χ4n) is 11.7. The molecule has 0 saturated heterocycles. The number of anilines is 3. The van der Waals surface area contributed by atoms with Gasteiger partial charge in [0.1, 0.15) is 0 Å². The molecule has 0 fully saturated rings. The van der Waals surface area contributed by atoms with E-state index >= 15 is 0 Å². The van der Waals surface area contributed by atoms with Gasteiger partial charge in [-0.05, 0) is 102 Å². The summed E-state index contributed by atoms with van der Waals surface area (Å²) in [4.78, 5) is 2.55. The molecule has 0 bridgehead atoms. The van der Waals surface area contributed by atoms with E-state index in [4.69, 9.17) is 0 Å². The van der Waals surface area contributed by atoms with Crippen LogP contribution in [-0.2, 0) is 10.8 Å². The first-order valence-corrected chi connectivity index (χ1v) is 21.4. The molecule has 0 saturated carbocycles. The SMILES string of the molecule is c1ccc(C2(c3ccccc3)c3ccccc3-c3cc(N(c4cccc5c4-c4ccccc4C54c5ccccc5-c5ccccc54)c4cccc5ccccc45)ccc32)cc1. The van der Waals surface area contributed by atoms with E-state index in [-0.39, 0.29) is 0 Å². The summed E-state index contributed by atoms with van der Waals surface area (Å²) in [6, 6.07) is 88.4. The lowest BCUT2D eigenvalue weighted by Gasteiger charge is -2.34. The molecule has 284 valence electrons. The number of fused-ring (bicyclic) bond motifs is 14. The van der Waals surface area contributed by atoms with Crippen molar-refractivity contribution in [1.29, 1.82) is 0 Å². The van der Waals surface area contributed by atoms with E-state index < -0.39 is 10.8 Å². The van der Waals surface area contributed by atoms with E-state index in [0.717, 1.165) is 11.4 Å². The summed E-state index contributed by atoms with van der Waals surface area (Å²) in [6.45, 7) is 0. The molecule has 1 nitrogen and oxygen atoms in total. The highest BCUT2D eigenvalue weighted by Gasteiger charge is 2.52. The zero-order valence-electron chi connectivity index (χ0n) is 33.5. The second-order valence-electron chi connectivity index (χ2n) is 16.7. The van der Waals surface area contributed by atoms with Crippen LogP contribution in [0.2, 0.25) is 0 Å². The predicted octanol–water partition coefficient (Wildman–Crippen LogP) is 15.0. The third-order valence-electron chi connectivity index (χ3n) is 13.9. The van der Waals surface area contributed by atoms with E-state index in [0.29, 0.717) is 0 Å². The Bertz CT molecular complexity index is 3290. The van der Waals surface area contributed by atoms with Crippen LogP contribution >= 0.6 is 0 Å². The van der Waals surface area contributed by atoms with Gasteiger partial charge >= 0.3 is 0 Å². The van der Waals surface area contributed by atoms with Crippen molar-refractivity contribution in [1.82, 2.24) is 0 Å². The maximum absolute atomic E-state index is 2.55. The average Bonchev–Trinajstić information content (AvgIpc) is 3.93. The van der Waals surface area contributed by atoms with Crippen LogP contribution in [0.25, 0.3) is 44.2 Å². The number of nitrogens with zero attached hydrogens (tertiary/aromatic N) is 1. The molecule has 0 aromatic heterocycles. The Morgan fingerprint density at radius 2 is 0.721 bits per heavy atom. The molecular weight excluding hydrogens is 735 g/mol. The quantitative estimate of drug-likeness (QED) is 0.168. The second kappa shape index (κ2) is 12.9. The number of rotatable bonds is 5. The largest absolute Gasteiger partial charge is 0.309 e. The topological polar surface area (TPSA) is 3.24 Å². The predicted molar refractivity (Wildman–Crippen MR) is 252 cm³/mol. The van der Waals surface area contributed by atoms with Crippen molar-refractivity contribution in [2.45, 2.75) is 10.8 Å².